The van der Waals surface area contributed by atoms with Gasteiger partial charge in [-0.15, -0.1) is 0 Å². The van der Waals surface area contributed by atoms with Crippen molar-refractivity contribution in [2.24, 2.45) is 41.4 Å². The van der Waals surface area contributed by atoms with Crippen molar-refractivity contribution in [3.63, 3.8) is 0 Å². The number of aliphatic hydroxyl groups excluding tert-OH is 2. The lowest BCUT2D eigenvalue weighted by Gasteiger charge is -2.47. The Kier molecular flexibility index (Phi) is 21.3. The van der Waals surface area contributed by atoms with Crippen LogP contribution in [0.25, 0.3) is 0 Å². The number of hydrogen-bond acceptors (Lipinski definition) is 12. The van der Waals surface area contributed by atoms with Crippen LogP contribution in [0.5, 0.6) is 0 Å². The Balaban J connectivity index is 1.70. The van der Waals surface area contributed by atoms with Crippen molar-refractivity contribution in [2.45, 2.75) is 187 Å². The first-order chi connectivity index (χ1) is 30.7. The van der Waals surface area contributed by atoms with Crippen molar-refractivity contribution < 1.29 is 58.2 Å². The van der Waals surface area contributed by atoms with Crippen molar-refractivity contribution >= 4 is 23.4 Å². The second kappa shape index (κ2) is 25.4. The first-order valence-electron chi connectivity index (χ1n) is 24.4. The molecule has 368 valence electrons. The zero-order valence-corrected chi connectivity index (χ0v) is 41.3. The smallest absolute Gasteiger partial charge is 0.329 e. The summed E-state index contributed by atoms with van der Waals surface area (Å²) in [4.78, 5) is 58.5. The van der Waals surface area contributed by atoms with E-state index in [0.29, 0.717) is 76.3 Å². The minimum atomic E-state index is -1.79. The number of piperidine rings is 1. The van der Waals surface area contributed by atoms with Gasteiger partial charge in [0.25, 0.3) is 0 Å². The Hall–Kier alpha value is -3.04. The number of ketones is 2. The van der Waals surface area contributed by atoms with Crippen molar-refractivity contribution in [1.82, 2.24) is 4.90 Å². The van der Waals surface area contributed by atoms with E-state index in [2.05, 4.69) is 0 Å². The van der Waals surface area contributed by atoms with Gasteiger partial charge in [0.15, 0.2) is 11.6 Å². The number of esters is 1. The topological polar surface area (TPSA) is 178 Å². The quantitative estimate of drug-likeness (QED) is 0.180. The van der Waals surface area contributed by atoms with Crippen molar-refractivity contribution in [3.05, 3.63) is 47.6 Å². The molecule has 4 rings (SSSR count). The maximum absolute atomic E-state index is 14.6. The maximum atomic E-state index is 14.6. The van der Waals surface area contributed by atoms with Crippen LogP contribution in [0.3, 0.4) is 0 Å². The third-order valence-corrected chi connectivity index (χ3v) is 15.0. The summed E-state index contributed by atoms with van der Waals surface area (Å²) in [5.41, 5.74) is 1.38. The van der Waals surface area contributed by atoms with E-state index in [0.717, 1.165) is 12.0 Å². The number of aliphatic hydroxyl groups is 3. The number of Topliss-reactive ketones (excluding diaryl/α,β-unsaturated/α-hetero) is 2. The van der Waals surface area contributed by atoms with Crippen LogP contribution < -0.4 is 0 Å². The molecule has 3 heterocycles. The number of ether oxygens (including phenoxy) is 5. The van der Waals surface area contributed by atoms with E-state index in [1.54, 1.807) is 41.1 Å². The molecule has 0 radical (unpaired) electrons. The molecule has 13 heteroatoms. The van der Waals surface area contributed by atoms with Gasteiger partial charge in [0.2, 0.25) is 5.91 Å². The highest BCUT2D eigenvalue weighted by atomic mass is 16.6. The fourth-order valence-electron chi connectivity index (χ4n) is 10.6. The molecule has 2 bridgehead atoms. The van der Waals surface area contributed by atoms with Crippen LogP contribution in [0.1, 0.15) is 132 Å². The average Bonchev–Trinajstić information content (AvgIpc) is 3.28. The number of carbonyl (C=O) groups is 4. The van der Waals surface area contributed by atoms with Gasteiger partial charge >= 0.3 is 5.97 Å². The Bertz CT molecular complexity index is 1710. The van der Waals surface area contributed by atoms with Crippen LogP contribution in [-0.4, -0.2) is 126 Å². The van der Waals surface area contributed by atoms with Gasteiger partial charge in [-0.1, -0.05) is 71.1 Å². The predicted molar refractivity (Wildman–Crippen MR) is 249 cm³/mol. The summed E-state index contributed by atoms with van der Waals surface area (Å²) >= 11 is 0. The van der Waals surface area contributed by atoms with E-state index in [1.807, 2.05) is 65.0 Å². The molecule has 65 heavy (non-hydrogen) atoms. The number of nitrogens with zero attached hydrogens (tertiary/aromatic N) is 1. The zero-order valence-electron chi connectivity index (χ0n) is 41.3. The Morgan fingerprint density at radius 3 is 2.25 bits per heavy atom. The van der Waals surface area contributed by atoms with Gasteiger partial charge in [0, 0.05) is 58.5 Å². The van der Waals surface area contributed by atoms with E-state index in [1.165, 1.54) is 12.0 Å². The second-order valence-electron chi connectivity index (χ2n) is 20.1. The Morgan fingerprint density at radius 2 is 1.57 bits per heavy atom. The van der Waals surface area contributed by atoms with Crippen molar-refractivity contribution in [3.8, 4) is 0 Å². The Labute approximate surface area is 389 Å². The molecule has 0 aromatic heterocycles. The summed E-state index contributed by atoms with van der Waals surface area (Å²) in [5, 5.41) is 34.2. The maximum Gasteiger partial charge on any atom is 0.329 e. The van der Waals surface area contributed by atoms with E-state index < -0.39 is 66.1 Å². The van der Waals surface area contributed by atoms with Crippen molar-refractivity contribution in [1.29, 1.82) is 0 Å². The van der Waals surface area contributed by atoms with Crippen LogP contribution in [0.15, 0.2) is 47.6 Å². The van der Waals surface area contributed by atoms with Gasteiger partial charge in [-0.05, 0) is 114 Å². The summed E-state index contributed by atoms with van der Waals surface area (Å²) in [6.07, 6.45) is 13.2. The average molecular weight is 914 g/mol. The molecule has 3 aliphatic heterocycles. The van der Waals surface area contributed by atoms with Gasteiger partial charge in [-0.25, -0.2) is 4.79 Å². The van der Waals surface area contributed by atoms with Gasteiger partial charge in [-0.3, -0.25) is 14.4 Å². The molecule has 0 aromatic carbocycles. The van der Waals surface area contributed by atoms with Gasteiger partial charge in [-0.2, -0.15) is 0 Å². The molecule has 2 unspecified atom stereocenters. The highest BCUT2D eigenvalue weighted by Crippen LogP contribution is 2.41. The highest BCUT2D eigenvalue weighted by Gasteiger charge is 2.51. The monoisotopic (exact) mass is 914 g/mol. The van der Waals surface area contributed by atoms with Crippen LogP contribution >= 0.6 is 0 Å². The minimum Gasteiger partial charge on any atom is -0.460 e. The summed E-state index contributed by atoms with van der Waals surface area (Å²) in [6.45, 7) is 15.1. The number of methoxy groups -OCH3 is 3. The number of fused-ring (bicyclic) bond motifs is 3. The summed E-state index contributed by atoms with van der Waals surface area (Å²) in [7, 11) is 4.63. The molecule has 3 N–H and O–H groups in total. The van der Waals surface area contributed by atoms with Crippen LogP contribution in [-0.2, 0) is 42.9 Å². The van der Waals surface area contributed by atoms with Crippen LogP contribution in [0, 0.1) is 41.4 Å². The lowest BCUT2D eigenvalue weighted by atomic mass is 9.78. The van der Waals surface area contributed by atoms with E-state index in [-0.39, 0.29) is 59.8 Å². The van der Waals surface area contributed by atoms with E-state index >= 15 is 0 Å². The number of carbonyl (C=O) groups excluding carboxylic acids is 4. The van der Waals surface area contributed by atoms with Crippen molar-refractivity contribution in [2.75, 3.05) is 27.9 Å². The predicted octanol–water partition coefficient (Wildman–Crippen LogP) is 7.25. The lowest BCUT2D eigenvalue weighted by Crippen LogP contribution is -2.59. The largest absolute Gasteiger partial charge is 0.460 e. The molecular weight excluding hydrogens is 831 g/mol. The summed E-state index contributed by atoms with van der Waals surface area (Å²) < 4.78 is 30.0. The third-order valence-electron chi connectivity index (χ3n) is 15.0. The summed E-state index contributed by atoms with van der Waals surface area (Å²) in [6, 6.07) is -0.919. The second-order valence-corrected chi connectivity index (χ2v) is 20.1. The molecule has 1 aliphatic carbocycles. The van der Waals surface area contributed by atoms with Crippen LogP contribution in [0.2, 0.25) is 0 Å². The number of cyclic esters (lactones) is 1. The number of hydrogen-bond donors (Lipinski definition) is 3. The van der Waals surface area contributed by atoms with Gasteiger partial charge < -0.3 is 43.9 Å². The zero-order chi connectivity index (χ0) is 48.2. The number of amides is 1. The molecule has 4 aliphatic rings. The molecule has 16 atom stereocenters. The van der Waals surface area contributed by atoms with E-state index in [4.69, 9.17) is 23.7 Å². The highest BCUT2D eigenvalue weighted by molar-refractivity contribution is 5.88. The van der Waals surface area contributed by atoms with Gasteiger partial charge in [0.05, 0.1) is 30.3 Å². The van der Waals surface area contributed by atoms with E-state index in [9.17, 15) is 34.5 Å². The number of allylic oxidation sites excluding steroid dienone is 6. The molecule has 1 amide bonds. The minimum absolute atomic E-state index is 0.0468. The Morgan fingerprint density at radius 1 is 0.846 bits per heavy atom. The first-order valence-corrected chi connectivity index (χ1v) is 24.4. The standard InChI is InChI=1S/C52H83NO12/c1-31-17-13-12-14-18-32(2)44(61-9)29-40-22-20-37(7)52(60,65-40)38(8)50(58)53-24-16-15-19-41(53)51(59)64-45(34(4)27-39-21-23-42(54)46(28-39)62-10)30-43(55)33(3)26-36(6)48(57)49(63-11)47(56)35(5)25-31/h12-14,17-18,26,31,33-35,37-42,44-46,48-49,54,57,60H,15-16,19-25,27-30H2,1-11H3/b14-12+,17-13+,32-18+,36-26+/t31-,33-,34-,35-,37-,38?,39+,40+,41?,42-,44+,45+,46-,48-,49+,52-/m1/s1. The molecule has 13 nitrogen and oxygen atoms in total. The fourth-order valence-corrected chi connectivity index (χ4v) is 10.6. The van der Waals surface area contributed by atoms with Crippen LogP contribution in [0.4, 0.5) is 0 Å². The third kappa shape index (κ3) is 14.5. The molecule has 0 aromatic rings. The van der Waals surface area contributed by atoms with Gasteiger partial charge in [0.1, 0.15) is 30.1 Å². The normalized spacial score (nSPS) is 41.5. The molecule has 3 fully saturated rings. The molecular formula is C52H83NO12. The first kappa shape index (κ1) is 54.6. The lowest BCUT2D eigenvalue weighted by molar-refractivity contribution is -0.303. The molecule has 1 saturated carbocycles. The summed E-state index contributed by atoms with van der Waals surface area (Å²) in [5.74, 6) is -5.75. The SMILES string of the molecule is CO[C@H]1C[C@@H]2CC[C@@H](C)[C@@](O)(O2)C(C)C(=O)N2CCCCC2C(=O)O[C@H]([C@H](C)C[C@@H]2CC[C@@H](O)[C@H](OC)C2)CC(=O)[C@H](C)/C=C(\C)[C@@H](O)[C@@H](OC)C(=O)[C@H](C)C[C@H](C)/C=C/C=C/C=C/1C. The number of rotatable bonds is 6. The fraction of sp³-hybridized carbons (Fsp3) is 0.769. The molecule has 2 saturated heterocycles. The molecule has 0 spiro atoms.